The molecule has 0 fully saturated rings. The van der Waals surface area contributed by atoms with Gasteiger partial charge in [-0.15, -0.1) is 11.8 Å². The highest BCUT2D eigenvalue weighted by atomic mass is 32.2. The van der Waals surface area contributed by atoms with E-state index in [0.29, 0.717) is 30.1 Å². The molecule has 0 radical (unpaired) electrons. The number of anilines is 2. The molecule has 0 saturated carbocycles. The normalized spacial score (nSPS) is 18.8. The number of rotatable bonds is 3. The van der Waals surface area contributed by atoms with Gasteiger partial charge in [0.2, 0.25) is 5.91 Å². The first-order valence-electron chi connectivity index (χ1n) is 10.2. The van der Waals surface area contributed by atoms with Crippen LogP contribution in [0.2, 0.25) is 0 Å². The van der Waals surface area contributed by atoms with E-state index in [4.69, 9.17) is 4.74 Å². The zero-order chi connectivity index (χ0) is 21.5. The van der Waals surface area contributed by atoms with Gasteiger partial charge in [0.05, 0.1) is 22.8 Å². The van der Waals surface area contributed by atoms with E-state index < -0.39 is 10.0 Å². The molecular formula is C22H26N2O4S2. The van der Waals surface area contributed by atoms with Crippen molar-refractivity contribution in [2.24, 2.45) is 0 Å². The van der Waals surface area contributed by atoms with E-state index in [0.717, 1.165) is 22.6 Å². The smallest absolute Gasteiger partial charge is 0.264 e. The highest BCUT2D eigenvalue weighted by Gasteiger charge is 2.35. The molecule has 4 rings (SSSR count). The van der Waals surface area contributed by atoms with E-state index in [9.17, 15) is 13.2 Å². The number of hydrogen-bond donors (Lipinski definition) is 0. The summed E-state index contributed by atoms with van der Waals surface area (Å²) in [6.45, 7) is 6.29. The van der Waals surface area contributed by atoms with Crippen LogP contribution >= 0.6 is 11.8 Å². The van der Waals surface area contributed by atoms with E-state index in [1.54, 1.807) is 28.8 Å². The van der Waals surface area contributed by atoms with Crippen molar-refractivity contribution < 1.29 is 17.9 Å². The Morgan fingerprint density at radius 2 is 2.00 bits per heavy atom. The lowest BCUT2D eigenvalue weighted by molar-refractivity contribution is -0.116. The molecule has 8 heteroatoms. The molecule has 2 aliphatic rings. The van der Waals surface area contributed by atoms with E-state index >= 15 is 0 Å². The number of thioether (sulfide) groups is 1. The van der Waals surface area contributed by atoms with Crippen molar-refractivity contribution in [2.45, 2.75) is 49.5 Å². The van der Waals surface area contributed by atoms with E-state index in [-0.39, 0.29) is 23.5 Å². The summed E-state index contributed by atoms with van der Waals surface area (Å²) in [6, 6.07) is 10.7. The first-order chi connectivity index (χ1) is 14.3. The monoisotopic (exact) mass is 446 g/mol. The van der Waals surface area contributed by atoms with Crippen molar-refractivity contribution in [1.82, 2.24) is 0 Å². The third kappa shape index (κ3) is 3.78. The van der Waals surface area contributed by atoms with Crippen molar-refractivity contribution in [2.75, 3.05) is 28.0 Å². The van der Waals surface area contributed by atoms with Crippen LogP contribution in [0, 0.1) is 6.92 Å². The minimum atomic E-state index is -3.82. The van der Waals surface area contributed by atoms with Crippen LogP contribution in [0.5, 0.6) is 5.75 Å². The Bertz CT molecular complexity index is 1080. The quantitative estimate of drug-likeness (QED) is 0.707. The maximum Gasteiger partial charge on any atom is 0.264 e. The second-order valence-electron chi connectivity index (χ2n) is 7.66. The fraction of sp³-hybridized carbons (Fsp3) is 0.409. The van der Waals surface area contributed by atoms with Crippen LogP contribution in [-0.4, -0.2) is 39.3 Å². The van der Waals surface area contributed by atoms with Crippen LogP contribution in [0.3, 0.4) is 0 Å². The van der Waals surface area contributed by atoms with Gasteiger partial charge in [-0.3, -0.25) is 9.10 Å². The fourth-order valence-electron chi connectivity index (χ4n) is 3.83. The molecule has 160 valence electrons. The summed E-state index contributed by atoms with van der Waals surface area (Å²) in [4.78, 5) is 15.0. The Kier molecular flexibility index (Phi) is 5.72. The van der Waals surface area contributed by atoms with Crippen molar-refractivity contribution in [1.29, 1.82) is 0 Å². The maximum absolute atomic E-state index is 13.7. The van der Waals surface area contributed by atoms with Gasteiger partial charge in [0.25, 0.3) is 10.0 Å². The lowest BCUT2D eigenvalue weighted by Crippen LogP contribution is -2.43. The van der Waals surface area contributed by atoms with Gasteiger partial charge in [0.15, 0.2) is 0 Å². The molecule has 1 amide bonds. The molecular weight excluding hydrogens is 420 g/mol. The van der Waals surface area contributed by atoms with Gasteiger partial charge >= 0.3 is 0 Å². The summed E-state index contributed by atoms with van der Waals surface area (Å²) in [7, 11) is -3.82. The first kappa shape index (κ1) is 21.1. The molecule has 6 nitrogen and oxygen atoms in total. The number of fused-ring (bicyclic) bond motifs is 2. The van der Waals surface area contributed by atoms with Crippen molar-refractivity contribution in [3.05, 3.63) is 42.0 Å². The minimum Gasteiger partial charge on any atom is -0.486 e. The summed E-state index contributed by atoms with van der Waals surface area (Å²) in [5.74, 6) is 1.40. The standard InChI is InChI=1S/C22H26N2O4S2/c1-4-17-14-24(19-12-15(2)6-8-21(19)28-17)30(26,27)18-7-9-22-20(13-18)23(16(3)25)10-5-11-29-22/h6-9,12-13,17H,4-5,10-11,14H2,1-3H3. The number of sulfonamides is 1. The number of carbonyl (C=O) groups is 1. The van der Waals surface area contributed by atoms with Crippen LogP contribution in [0.1, 0.15) is 32.3 Å². The lowest BCUT2D eigenvalue weighted by Gasteiger charge is -2.35. The zero-order valence-electron chi connectivity index (χ0n) is 17.4. The minimum absolute atomic E-state index is 0.0771. The predicted octanol–water partition coefficient (Wildman–Crippen LogP) is 4.21. The van der Waals surface area contributed by atoms with E-state index in [1.807, 2.05) is 38.1 Å². The number of hydrogen-bond acceptors (Lipinski definition) is 5. The van der Waals surface area contributed by atoms with Gasteiger partial charge < -0.3 is 9.64 Å². The number of nitrogens with zero attached hydrogens (tertiary/aromatic N) is 2. The van der Waals surface area contributed by atoms with Crippen LogP contribution in [0.15, 0.2) is 46.2 Å². The molecule has 0 saturated heterocycles. The van der Waals surface area contributed by atoms with Crippen LogP contribution in [0.25, 0.3) is 0 Å². The molecule has 0 aliphatic carbocycles. The molecule has 0 aromatic heterocycles. The molecule has 2 aromatic carbocycles. The second-order valence-corrected chi connectivity index (χ2v) is 10.7. The number of carbonyl (C=O) groups excluding carboxylic acids is 1. The Morgan fingerprint density at radius 3 is 2.73 bits per heavy atom. The number of amides is 1. The molecule has 0 N–H and O–H groups in total. The predicted molar refractivity (Wildman–Crippen MR) is 120 cm³/mol. The number of ether oxygens (including phenoxy) is 1. The SMILES string of the molecule is CCC1CN(S(=O)(=O)c2ccc3c(c2)N(C(C)=O)CCCS3)c2cc(C)ccc2O1. The van der Waals surface area contributed by atoms with Gasteiger partial charge in [-0.1, -0.05) is 13.0 Å². The topological polar surface area (TPSA) is 66.9 Å². The summed E-state index contributed by atoms with van der Waals surface area (Å²) < 4.78 is 34.9. The van der Waals surface area contributed by atoms with Crippen molar-refractivity contribution >= 4 is 39.1 Å². The van der Waals surface area contributed by atoms with Crippen LogP contribution < -0.4 is 13.9 Å². The third-order valence-corrected chi connectivity index (χ3v) is 8.40. The van der Waals surface area contributed by atoms with Crippen molar-refractivity contribution in [3.8, 4) is 5.75 Å². The second kappa shape index (κ2) is 8.15. The Balaban J connectivity index is 1.81. The molecule has 1 unspecified atom stereocenters. The van der Waals surface area contributed by atoms with Gasteiger partial charge in [0, 0.05) is 18.4 Å². The van der Waals surface area contributed by atoms with Crippen LogP contribution in [-0.2, 0) is 14.8 Å². The zero-order valence-corrected chi connectivity index (χ0v) is 19.1. The van der Waals surface area contributed by atoms with Gasteiger partial charge in [0.1, 0.15) is 11.9 Å². The highest BCUT2D eigenvalue weighted by Crippen LogP contribution is 2.40. The van der Waals surface area contributed by atoms with Crippen LogP contribution in [0.4, 0.5) is 11.4 Å². The fourth-order valence-corrected chi connectivity index (χ4v) is 6.33. The first-order valence-corrected chi connectivity index (χ1v) is 12.6. The molecule has 30 heavy (non-hydrogen) atoms. The average molecular weight is 447 g/mol. The van der Waals surface area contributed by atoms with Gasteiger partial charge in [-0.2, -0.15) is 0 Å². The number of benzene rings is 2. The molecule has 2 aliphatic heterocycles. The molecule has 2 heterocycles. The molecule has 1 atom stereocenters. The molecule has 0 bridgehead atoms. The number of aryl methyl sites for hydroxylation is 1. The Morgan fingerprint density at radius 1 is 1.20 bits per heavy atom. The Hall–Kier alpha value is -2.19. The summed E-state index contributed by atoms with van der Waals surface area (Å²) in [6.07, 6.45) is 1.37. The average Bonchev–Trinajstić information content (AvgIpc) is 2.94. The lowest BCUT2D eigenvalue weighted by atomic mass is 10.1. The van der Waals surface area contributed by atoms with E-state index in [1.165, 1.54) is 11.2 Å². The van der Waals surface area contributed by atoms with Gasteiger partial charge in [-0.05, 0) is 61.4 Å². The molecule has 0 spiro atoms. The highest BCUT2D eigenvalue weighted by molar-refractivity contribution is 7.99. The summed E-state index contributed by atoms with van der Waals surface area (Å²) in [5.41, 5.74) is 2.21. The molecule has 2 aromatic rings. The maximum atomic E-state index is 13.7. The van der Waals surface area contributed by atoms with E-state index in [2.05, 4.69) is 0 Å². The third-order valence-electron chi connectivity index (χ3n) is 5.47. The Labute approximate surface area is 182 Å². The largest absolute Gasteiger partial charge is 0.486 e. The van der Waals surface area contributed by atoms with Gasteiger partial charge in [-0.25, -0.2) is 8.42 Å². The van der Waals surface area contributed by atoms with Crippen molar-refractivity contribution in [3.63, 3.8) is 0 Å². The summed E-state index contributed by atoms with van der Waals surface area (Å²) in [5, 5.41) is 0. The summed E-state index contributed by atoms with van der Waals surface area (Å²) >= 11 is 1.66.